The minimum Gasteiger partial charge on any atom is -0.494 e. The first-order valence-electron chi connectivity index (χ1n) is 10.3. The van der Waals surface area contributed by atoms with E-state index < -0.39 is 11.7 Å². The summed E-state index contributed by atoms with van der Waals surface area (Å²) in [6.45, 7) is 4.45. The Hall–Kier alpha value is -3.00. The van der Waals surface area contributed by atoms with Gasteiger partial charge in [0.2, 0.25) is 5.56 Å². The third-order valence-electron chi connectivity index (χ3n) is 5.49. The molecule has 0 saturated carbocycles. The molecule has 164 valence electrons. The van der Waals surface area contributed by atoms with Crippen LogP contribution in [0.25, 0.3) is 10.9 Å². The molecule has 8 heteroatoms. The van der Waals surface area contributed by atoms with E-state index in [-0.39, 0.29) is 5.56 Å². The van der Waals surface area contributed by atoms with Crippen LogP contribution in [0.2, 0.25) is 0 Å². The molecule has 1 aliphatic rings. The van der Waals surface area contributed by atoms with Gasteiger partial charge in [0.05, 0.1) is 12.2 Å². The number of aromatic amines is 1. The maximum Gasteiger partial charge on any atom is 0.416 e. The molecule has 5 nitrogen and oxygen atoms in total. The molecule has 0 bridgehead atoms. The van der Waals surface area contributed by atoms with Crippen molar-refractivity contribution in [3.8, 4) is 5.75 Å². The van der Waals surface area contributed by atoms with Gasteiger partial charge in [0.15, 0.2) is 0 Å². The van der Waals surface area contributed by atoms with Crippen LogP contribution in [0.5, 0.6) is 5.75 Å². The highest BCUT2D eigenvalue weighted by Gasteiger charge is 2.31. The first-order chi connectivity index (χ1) is 14.9. The van der Waals surface area contributed by atoms with Gasteiger partial charge in [-0.05, 0) is 48.9 Å². The summed E-state index contributed by atoms with van der Waals surface area (Å²) in [7, 11) is 0. The summed E-state index contributed by atoms with van der Waals surface area (Å²) in [6.07, 6.45) is -3.46. The van der Waals surface area contributed by atoms with E-state index in [9.17, 15) is 18.0 Å². The molecule has 0 atom stereocenters. The minimum absolute atomic E-state index is 0.130. The zero-order chi connectivity index (χ0) is 21.8. The highest BCUT2D eigenvalue weighted by molar-refractivity contribution is 5.79. The molecule has 31 heavy (non-hydrogen) atoms. The average Bonchev–Trinajstić information content (AvgIpc) is 2.77. The number of aromatic nitrogens is 1. The fourth-order valence-corrected chi connectivity index (χ4v) is 3.81. The van der Waals surface area contributed by atoms with Gasteiger partial charge in [0.1, 0.15) is 5.75 Å². The van der Waals surface area contributed by atoms with Crippen LogP contribution >= 0.6 is 0 Å². The van der Waals surface area contributed by atoms with Crippen LogP contribution in [0.3, 0.4) is 0 Å². The second kappa shape index (κ2) is 9.01. The first kappa shape index (κ1) is 21.2. The van der Waals surface area contributed by atoms with Gasteiger partial charge in [-0.15, -0.1) is 0 Å². The van der Waals surface area contributed by atoms with Gasteiger partial charge in [0.25, 0.3) is 0 Å². The Kier molecular flexibility index (Phi) is 6.18. The predicted octanol–water partition coefficient (Wildman–Crippen LogP) is 4.14. The standard InChI is InChI=1S/C23H24F3N3O2/c24-23(25,26)18-3-1-4-19(16-18)29-12-10-28(11-13-29)9-2-14-31-20-6-7-21-17(15-20)5-8-22(30)27-21/h1,3-8,15-16H,2,9-14H2,(H,27,30). The summed E-state index contributed by atoms with van der Waals surface area (Å²) in [5.41, 5.74) is 0.660. The topological polar surface area (TPSA) is 48.6 Å². The highest BCUT2D eigenvalue weighted by Crippen LogP contribution is 2.31. The Bertz CT molecular complexity index is 1090. The molecule has 3 aromatic rings. The number of pyridine rings is 1. The lowest BCUT2D eigenvalue weighted by molar-refractivity contribution is -0.137. The van der Waals surface area contributed by atoms with Crippen molar-refractivity contribution in [3.05, 3.63) is 70.5 Å². The molecule has 2 heterocycles. The molecule has 1 fully saturated rings. The monoisotopic (exact) mass is 431 g/mol. The Morgan fingerprint density at radius 3 is 2.55 bits per heavy atom. The molecule has 0 amide bonds. The number of nitrogens with one attached hydrogen (secondary N) is 1. The smallest absolute Gasteiger partial charge is 0.416 e. The second-order valence-corrected chi connectivity index (χ2v) is 7.65. The number of fused-ring (bicyclic) bond motifs is 1. The van der Waals surface area contributed by atoms with Gasteiger partial charge in [-0.3, -0.25) is 9.69 Å². The molecule has 0 aliphatic carbocycles. The number of benzene rings is 2. The molecule has 4 rings (SSSR count). The lowest BCUT2D eigenvalue weighted by atomic mass is 10.1. The highest BCUT2D eigenvalue weighted by atomic mass is 19.4. The zero-order valence-corrected chi connectivity index (χ0v) is 17.0. The average molecular weight is 431 g/mol. The Morgan fingerprint density at radius 1 is 0.968 bits per heavy atom. The lowest BCUT2D eigenvalue weighted by Crippen LogP contribution is -2.46. The fraction of sp³-hybridized carbons (Fsp3) is 0.348. The van der Waals surface area contributed by atoms with E-state index in [1.165, 1.54) is 18.2 Å². The summed E-state index contributed by atoms with van der Waals surface area (Å²) in [5.74, 6) is 0.758. The van der Waals surface area contributed by atoms with Crippen LogP contribution in [0.4, 0.5) is 18.9 Å². The van der Waals surface area contributed by atoms with E-state index in [0.29, 0.717) is 25.4 Å². The largest absolute Gasteiger partial charge is 0.494 e. The van der Waals surface area contributed by atoms with Gasteiger partial charge < -0.3 is 14.6 Å². The SMILES string of the molecule is O=c1ccc2cc(OCCCN3CCN(c4cccc(C(F)(F)F)c4)CC3)ccc2[nH]1. The van der Waals surface area contributed by atoms with Gasteiger partial charge in [-0.1, -0.05) is 6.07 Å². The number of halogens is 3. The number of rotatable bonds is 6. The molecule has 0 radical (unpaired) electrons. The van der Waals surface area contributed by atoms with Crippen LogP contribution in [-0.4, -0.2) is 49.2 Å². The zero-order valence-electron chi connectivity index (χ0n) is 17.0. The third-order valence-corrected chi connectivity index (χ3v) is 5.49. The summed E-state index contributed by atoms with van der Waals surface area (Å²) in [6, 6.07) is 14.4. The van der Waals surface area contributed by atoms with Crippen LogP contribution in [0.1, 0.15) is 12.0 Å². The van der Waals surface area contributed by atoms with E-state index in [1.807, 2.05) is 23.1 Å². The van der Waals surface area contributed by atoms with Gasteiger partial charge in [0, 0.05) is 55.4 Å². The molecule has 2 aromatic carbocycles. The number of anilines is 1. The van der Waals surface area contributed by atoms with Crippen LogP contribution in [0, 0.1) is 0 Å². The maximum absolute atomic E-state index is 12.9. The molecule has 1 saturated heterocycles. The molecule has 0 unspecified atom stereocenters. The quantitative estimate of drug-likeness (QED) is 0.596. The van der Waals surface area contributed by atoms with Gasteiger partial charge in [-0.25, -0.2) is 0 Å². The van der Waals surface area contributed by atoms with Crippen molar-refractivity contribution in [2.45, 2.75) is 12.6 Å². The molecule has 0 spiro atoms. The van der Waals surface area contributed by atoms with Crippen molar-refractivity contribution >= 4 is 16.6 Å². The minimum atomic E-state index is -4.32. The fourth-order valence-electron chi connectivity index (χ4n) is 3.81. The summed E-state index contributed by atoms with van der Waals surface area (Å²) in [5, 5.41) is 0.919. The second-order valence-electron chi connectivity index (χ2n) is 7.65. The van der Waals surface area contributed by atoms with Crippen molar-refractivity contribution in [1.29, 1.82) is 0 Å². The van der Waals surface area contributed by atoms with Crippen molar-refractivity contribution in [1.82, 2.24) is 9.88 Å². The Morgan fingerprint density at radius 2 is 1.77 bits per heavy atom. The number of hydrogen-bond donors (Lipinski definition) is 1. The molecule has 1 aromatic heterocycles. The van der Waals surface area contributed by atoms with E-state index in [1.54, 1.807) is 12.1 Å². The van der Waals surface area contributed by atoms with Crippen molar-refractivity contribution in [2.75, 3.05) is 44.2 Å². The van der Waals surface area contributed by atoms with Crippen LogP contribution in [-0.2, 0) is 6.18 Å². The molecular weight excluding hydrogens is 407 g/mol. The number of ether oxygens (including phenoxy) is 1. The van der Waals surface area contributed by atoms with Gasteiger partial charge >= 0.3 is 6.18 Å². The van der Waals surface area contributed by atoms with E-state index in [0.717, 1.165) is 48.8 Å². The Labute approximate surface area is 178 Å². The van der Waals surface area contributed by atoms with Crippen molar-refractivity contribution in [3.63, 3.8) is 0 Å². The lowest BCUT2D eigenvalue weighted by Gasteiger charge is -2.36. The molecular formula is C23H24F3N3O2. The summed E-state index contributed by atoms with van der Waals surface area (Å²) in [4.78, 5) is 18.4. The summed E-state index contributed by atoms with van der Waals surface area (Å²) >= 11 is 0. The number of alkyl halides is 3. The van der Waals surface area contributed by atoms with E-state index in [4.69, 9.17) is 4.74 Å². The van der Waals surface area contributed by atoms with E-state index >= 15 is 0 Å². The molecule has 1 aliphatic heterocycles. The first-order valence-corrected chi connectivity index (χ1v) is 10.3. The summed E-state index contributed by atoms with van der Waals surface area (Å²) < 4.78 is 44.6. The van der Waals surface area contributed by atoms with Gasteiger partial charge in [-0.2, -0.15) is 13.2 Å². The number of H-pyrrole nitrogens is 1. The van der Waals surface area contributed by atoms with E-state index in [2.05, 4.69) is 9.88 Å². The third kappa shape index (κ3) is 5.38. The van der Waals surface area contributed by atoms with Crippen LogP contribution < -0.4 is 15.2 Å². The normalized spacial score (nSPS) is 15.4. The van der Waals surface area contributed by atoms with Crippen molar-refractivity contribution < 1.29 is 17.9 Å². The Balaban J connectivity index is 1.22. The maximum atomic E-state index is 12.9. The number of nitrogens with zero attached hydrogens (tertiary/aromatic N) is 2. The predicted molar refractivity (Wildman–Crippen MR) is 115 cm³/mol. The number of piperazine rings is 1. The number of hydrogen-bond acceptors (Lipinski definition) is 4. The van der Waals surface area contributed by atoms with Crippen molar-refractivity contribution in [2.24, 2.45) is 0 Å². The van der Waals surface area contributed by atoms with Crippen LogP contribution in [0.15, 0.2) is 59.4 Å². The molecule has 1 N–H and O–H groups in total.